The Morgan fingerprint density at radius 3 is 2.42 bits per heavy atom. The molecule has 2 unspecified atom stereocenters. The van der Waals surface area contributed by atoms with Crippen LogP contribution in [0.15, 0.2) is 30.3 Å². The van der Waals surface area contributed by atoms with Crippen LogP contribution in [-0.2, 0) is 0 Å². The lowest BCUT2D eigenvalue weighted by Crippen LogP contribution is -2.33. The Bertz CT molecular complexity index is 323. The zero-order chi connectivity index (χ0) is 14.1. The van der Waals surface area contributed by atoms with Gasteiger partial charge in [-0.25, -0.2) is 0 Å². The van der Waals surface area contributed by atoms with Crippen molar-refractivity contribution in [1.82, 2.24) is 10.2 Å². The van der Waals surface area contributed by atoms with Gasteiger partial charge in [-0.3, -0.25) is 0 Å². The maximum atomic E-state index is 3.39. The van der Waals surface area contributed by atoms with Gasteiger partial charge in [0.15, 0.2) is 0 Å². The number of hydrogen-bond donors (Lipinski definition) is 1. The van der Waals surface area contributed by atoms with Crippen molar-refractivity contribution in [2.45, 2.75) is 33.1 Å². The summed E-state index contributed by atoms with van der Waals surface area (Å²) >= 11 is 0. The molecule has 0 bridgehead atoms. The van der Waals surface area contributed by atoms with Crippen LogP contribution in [0.1, 0.15) is 38.7 Å². The Morgan fingerprint density at radius 2 is 1.84 bits per heavy atom. The van der Waals surface area contributed by atoms with Gasteiger partial charge in [0, 0.05) is 19.6 Å². The molecule has 1 N–H and O–H groups in total. The molecular formula is C17H30N2. The first-order chi connectivity index (χ1) is 9.19. The van der Waals surface area contributed by atoms with Crippen LogP contribution >= 0.6 is 0 Å². The lowest BCUT2D eigenvalue weighted by atomic mass is 9.85. The summed E-state index contributed by atoms with van der Waals surface area (Å²) in [6, 6.07) is 11.0. The third-order valence-corrected chi connectivity index (χ3v) is 3.99. The Morgan fingerprint density at radius 1 is 1.16 bits per heavy atom. The number of rotatable bonds is 9. The van der Waals surface area contributed by atoms with Crippen molar-refractivity contribution in [3.8, 4) is 0 Å². The van der Waals surface area contributed by atoms with E-state index >= 15 is 0 Å². The van der Waals surface area contributed by atoms with E-state index in [0.29, 0.717) is 5.92 Å². The Hall–Kier alpha value is -0.860. The van der Waals surface area contributed by atoms with Gasteiger partial charge in [-0.2, -0.15) is 0 Å². The summed E-state index contributed by atoms with van der Waals surface area (Å²) < 4.78 is 0. The monoisotopic (exact) mass is 262 g/mol. The topological polar surface area (TPSA) is 15.3 Å². The first-order valence-corrected chi connectivity index (χ1v) is 7.63. The summed E-state index contributed by atoms with van der Waals surface area (Å²) in [7, 11) is 2.23. The van der Waals surface area contributed by atoms with Gasteiger partial charge in [-0.15, -0.1) is 0 Å². The smallest absolute Gasteiger partial charge is 0.0104 e. The molecule has 2 heteroatoms. The maximum absolute atomic E-state index is 3.39. The molecule has 1 rings (SSSR count). The molecule has 0 aliphatic rings. The van der Waals surface area contributed by atoms with Crippen molar-refractivity contribution >= 4 is 0 Å². The second-order valence-corrected chi connectivity index (χ2v) is 5.52. The minimum Gasteiger partial charge on any atom is -0.316 e. The summed E-state index contributed by atoms with van der Waals surface area (Å²) in [5, 5.41) is 3.39. The average Bonchev–Trinajstić information content (AvgIpc) is 2.45. The van der Waals surface area contributed by atoms with Crippen molar-refractivity contribution in [3.05, 3.63) is 35.9 Å². The van der Waals surface area contributed by atoms with Crippen LogP contribution in [0.3, 0.4) is 0 Å². The fraction of sp³-hybridized carbons (Fsp3) is 0.647. The molecule has 0 amide bonds. The average molecular weight is 262 g/mol. The molecule has 0 aliphatic heterocycles. The highest BCUT2D eigenvalue weighted by Gasteiger charge is 2.19. The second-order valence-electron chi connectivity index (χ2n) is 5.52. The molecule has 0 aromatic heterocycles. The van der Waals surface area contributed by atoms with Gasteiger partial charge in [0.25, 0.3) is 0 Å². The number of nitrogens with one attached hydrogen (secondary N) is 1. The fourth-order valence-corrected chi connectivity index (χ4v) is 2.47. The predicted molar refractivity (Wildman–Crippen MR) is 84.7 cm³/mol. The summed E-state index contributed by atoms with van der Waals surface area (Å²) in [5.74, 6) is 1.36. The normalized spacial score (nSPS) is 14.6. The molecule has 1 aromatic carbocycles. The predicted octanol–water partition coefficient (Wildman–Crippen LogP) is 3.36. The summed E-state index contributed by atoms with van der Waals surface area (Å²) in [6.45, 7) is 11.2. The van der Waals surface area contributed by atoms with E-state index in [9.17, 15) is 0 Å². The van der Waals surface area contributed by atoms with Gasteiger partial charge < -0.3 is 10.2 Å². The minimum absolute atomic E-state index is 0.637. The van der Waals surface area contributed by atoms with Crippen LogP contribution in [0.25, 0.3) is 0 Å². The number of likely N-dealkylation sites (N-methyl/N-ethyl adjacent to an activating group) is 2. The lowest BCUT2D eigenvalue weighted by Gasteiger charge is -2.28. The van der Waals surface area contributed by atoms with E-state index in [0.717, 1.165) is 32.1 Å². The molecular weight excluding hydrogens is 232 g/mol. The zero-order valence-corrected chi connectivity index (χ0v) is 13.0. The third kappa shape index (κ3) is 5.75. The van der Waals surface area contributed by atoms with Gasteiger partial charge in [0.2, 0.25) is 0 Å². The molecule has 0 aliphatic carbocycles. The quantitative estimate of drug-likeness (QED) is 0.687. The molecule has 108 valence electrons. The number of hydrogen-bond acceptors (Lipinski definition) is 2. The molecule has 19 heavy (non-hydrogen) atoms. The molecule has 0 radical (unpaired) electrons. The second kappa shape index (κ2) is 9.11. The standard InChI is InChI=1S/C17H30N2/c1-5-15(3)17(16-10-8-7-9-11-16)14-19(4)13-12-18-6-2/h7-11,15,17-18H,5-6,12-14H2,1-4H3. The third-order valence-electron chi connectivity index (χ3n) is 3.99. The first kappa shape index (κ1) is 16.2. The van der Waals surface area contributed by atoms with Gasteiger partial charge in [-0.1, -0.05) is 57.5 Å². The van der Waals surface area contributed by atoms with E-state index in [1.807, 2.05) is 0 Å². The van der Waals surface area contributed by atoms with Crippen LogP contribution in [0.4, 0.5) is 0 Å². The first-order valence-electron chi connectivity index (χ1n) is 7.63. The summed E-state index contributed by atoms with van der Waals surface area (Å²) in [4.78, 5) is 2.45. The van der Waals surface area contributed by atoms with Gasteiger partial charge in [0.1, 0.15) is 0 Å². The van der Waals surface area contributed by atoms with E-state index in [4.69, 9.17) is 0 Å². The van der Waals surface area contributed by atoms with E-state index in [1.54, 1.807) is 0 Å². The molecule has 0 saturated carbocycles. The lowest BCUT2D eigenvalue weighted by molar-refractivity contribution is 0.273. The van der Waals surface area contributed by atoms with E-state index < -0.39 is 0 Å². The van der Waals surface area contributed by atoms with Crippen molar-refractivity contribution in [1.29, 1.82) is 0 Å². The zero-order valence-electron chi connectivity index (χ0n) is 13.0. The highest BCUT2D eigenvalue weighted by atomic mass is 15.1. The molecule has 1 aromatic rings. The van der Waals surface area contributed by atoms with Crippen LogP contribution in [-0.4, -0.2) is 38.1 Å². The fourth-order valence-electron chi connectivity index (χ4n) is 2.47. The molecule has 0 saturated heterocycles. The Balaban J connectivity index is 2.60. The van der Waals surface area contributed by atoms with Crippen LogP contribution in [0, 0.1) is 5.92 Å². The molecule has 0 heterocycles. The van der Waals surface area contributed by atoms with E-state index in [1.165, 1.54) is 12.0 Å². The van der Waals surface area contributed by atoms with Crippen LogP contribution in [0.2, 0.25) is 0 Å². The van der Waals surface area contributed by atoms with Crippen LogP contribution in [0.5, 0.6) is 0 Å². The molecule has 0 fully saturated rings. The van der Waals surface area contributed by atoms with E-state index in [2.05, 4.69) is 68.4 Å². The highest BCUT2D eigenvalue weighted by molar-refractivity contribution is 5.20. The van der Waals surface area contributed by atoms with Crippen molar-refractivity contribution in [3.63, 3.8) is 0 Å². The Kier molecular flexibility index (Phi) is 7.76. The van der Waals surface area contributed by atoms with Gasteiger partial charge in [-0.05, 0) is 31.0 Å². The summed E-state index contributed by atoms with van der Waals surface area (Å²) in [5.41, 5.74) is 1.48. The van der Waals surface area contributed by atoms with Crippen molar-refractivity contribution < 1.29 is 0 Å². The SMILES string of the molecule is CCNCCN(C)CC(c1ccccc1)C(C)CC. The summed E-state index contributed by atoms with van der Waals surface area (Å²) in [6.07, 6.45) is 1.24. The van der Waals surface area contributed by atoms with Crippen molar-refractivity contribution in [2.24, 2.45) is 5.92 Å². The maximum Gasteiger partial charge on any atom is 0.0104 e. The largest absolute Gasteiger partial charge is 0.316 e. The molecule has 0 spiro atoms. The highest BCUT2D eigenvalue weighted by Crippen LogP contribution is 2.27. The molecule has 2 atom stereocenters. The van der Waals surface area contributed by atoms with Crippen molar-refractivity contribution in [2.75, 3.05) is 33.2 Å². The van der Waals surface area contributed by atoms with Gasteiger partial charge in [0.05, 0.1) is 0 Å². The van der Waals surface area contributed by atoms with E-state index in [-0.39, 0.29) is 0 Å². The van der Waals surface area contributed by atoms with Gasteiger partial charge >= 0.3 is 0 Å². The van der Waals surface area contributed by atoms with Crippen LogP contribution < -0.4 is 5.32 Å². The minimum atomic E-state index is 0.637. The number of benzene rings is 1. The number of nitrogens with zero attached hydrogens (tertiary/aromatic N) is 1. The Labute approximate surface area is 119 Å². The molecule has 2 nitrogen and oxygen atoms in total.